The van der Waals surface area contributed by atoms with Crippen LogP contribution in [0.5, 0.6) is 0 Å². The summed E-state index contributed by atoms with van der Waals surface area (Å²) in [5.74, 6) is -0.999. The average Bonchev–Trinajstić information content (AvgIpc) is 2.47. The van der Waals surface area contributed by atoms with Gasteiger partial charge in [-0.1, -0.05) is 12.1 Å². The second kappa shape index (κ2) is 5.88. The van der Waals surface area contributed by atoms with Crippen LogP contribution in [-0.2, 0) is 14.8 Å². The third-order valence-corrected chi connectivity index (χ3v) is 5.46. The molecule has 0 spiro atoms. The monoisotopic (exact) mass is 300 g/mol. The number of piperidine rings is 1. The summed E-state index contributed by atoms with van der Waals surface area (Å²) in [5, 5.41) is 2.56. The van der Waals surface area contributed by atoms with Crippen molar-refractivity contribution >= 4 is 15.9 Å². The molecule has 1 aliphatic rings. The molecule has 20 heavy (non-hydrogen) atoms. The lowest BCUT2D eigenvalue weighted by molar-refractivity contribution is -0.125. The first-order valence-electron chi connectivity index (χ1n) is 6.43. The lowest BCUT2D eigenvalue weighted by atomic mass is 9.97. The van der Waals surface area contributed by atoms with Crippen LogP contribution < -0.4 is 5.32 Å². The number of sulfonamides is 1. The van der Waals surface area contributed by atoms with Gasteiger partial charge in [-0.3, -0.25) is 4.79 Å². The Hall–Kier alpha value is -1.47. The van der Waals surface area contributed by atoms with Gasteiger partial charge >= 0.3 is 0 Å². The third kappa shape index (κ3) is 2.83. The van der Waals surface area contributed by atoms with Gasteiger partial charge in [0.25, 0.3) is 0 Å². The molecule has 1 N–H and O–H groups in total. The van der Waals surface area contributed by atoms with Crippen molar-refractivity contribution in [1.82, 2.24) is 9.62 Å². The van der Waals surface area contributed by atoms with E-state index >= 15 is 0 Å². The van der Waals surface area contributed by atoms with Crippen molar-refractivity contribution in [1.29, 1.82) is 0 Å². The van der Waals surface area contributed by atoms with Crippen molar-refractivity contribution in [3.63, 3.8) is 0 Å². The Bertz CT molecular complexity index is 595. The number of hydrogen-bond acceptors (Lipinski definition) is 3. The number of carbonyl (C=O) groups excluding carboxylic acids is 1. The lowest BCUT2D eigenvalue weighted by Crippen LogP contribution is -2.42. The Morgan fingerprint density at radius 3 is 2.45 bits per heavy atom. The van der Waals surface area contributed by atoms with E-state index in [9.17, 15) is 17.6 Å². The van der Waals surface area contributed by atoms with Gasteiger partial charge in [0.1, 0.15) is 10.7 Å². The van der Waals surface area contributed by atoms with Gasteiger partial charge in [-0.05, 0) is 25.0 Å². The van der Waals surface area contributed by atoms with E-state index in [1.807, 2.05) is 0 Å². The normalized spacial score (nSPS) is 17.9. The summed E-state index contributed by atoms with van der Waals surface area (Å²) >= 11 is 0. The summed E-state index contributed by atoms with van der Waals surface area (Å²) in [7, 11) is -2.26. The summed E-state index contributed by atoms with van der Waals surface area (Å²) < 4.78 is 39.5. The lowest BCUT2D eigenvalue weighted by Gasteiger charge is -2.30. The molecule has 1 aromatic rings. The van der Waals surface area contributed by atoms with Crippen LogP contribution in [0.2, 0.25) is 0 Å². The van der Waals surface area contributed by atoms with E-state index in [0.29, 0.717) is 12.8 Å². The smallest absolute Gasteiger partial charge is 0.245 e. The number of hydrogen-bond donors (Lipinski definition) is 1. The fourth-order valence-electron chi connectivity index (χ4n) is 2.36. The number of benzene rings is 1. The van der Waals surface area contributed by atoms with E-state index in [2.05, 4.69) is 5.32 Å². The molecule has 0 radical (unpaired) electrons. The van der Waals surface area contributed by atoms with Crippen LogP contribution in [-0.4, -0.2) is 38.8 Å². The zero-order chi connectivity index (χ0) is 14.8. The quantitative estimate of drug-likeness (QED) is 0.904. The van der Waals surface area contributed by atoms with Gasteiger partial charge in [-0.15, -0.1) is 0 Å². The minimum Gasteiger partial charge on any atom is -0.359 e. The molecule has 0 aromatic heterocycles. The molecule has 1 aliphatic heterocycles. The molecule has 0 aliphatic carbocycles. The molecule has 1 saturated heterocycles. The number of amides is 1. The molecular formula is C13H17FN2O3S. The van der Waals surface area contributed by atoms with Crippen molar-refractivity contribution in [3.05, 3.63) is 30.1 Å². The second-order valence-corrected chi connectivity index (χ2v) is 6.63. The number of halogens is 1. The largest absolute Gasteiger partial charge is 0.359 e. The molecule has 0 saturated carbocycles. The van der Waals surface area contributed by atoms with Gasteiger partial charge in [0.15, 0.2) is 0 Å². The van der Waals surface area contributed by atoms with E-state index in [1.54, 1.807) is 7.05 Å². The fourth-order valence-corrected chi connectivity index (χ4v) is 3.89. The van der Waals surface area contributed by atoms with E-state index in [4.69, 9.17) is 0 Å². The van der Waals surface area contributed by atoms with Gasteiger partial charge in [0.05, 0.1) is 0 Å². The van der Waals surface area contributed by atoms with Gasteiger partial charge in [0, 0.05) is 26.1 Å². The number of nitrogens with zero attached hydrogens (tertiary/aromatic N) is 1. The van der Waals surface area contributed by atoms with Gasteiger partial charge < -0.3 is 5.32 Å². The van der Waals surface area contributed by atoms with Crippen molar-refractivity contribution in [2.75, 3.05) is 20.1 Å². The molecule has 1 fully saturated rings. The fraction of sp³-hybridized carbons (Fsp3) is 0.462. The summed E-state index contributed by atoms with van der Waals surface area (Å²) in [6.45, 7) is 0.462. The van der Waals surface area contributed by atoms with Crippen LogP contribution >= 0.6 is 0 Å². The summed E-state index contributed by atoms with van der Waals surface area (Å²) in [5.41, 5.74) is 0. The highest BCUT2D eigenvalue weighted by atomic mass is 32.2. The van der Waals surface area contributed by atoms with E-state index in [-0.39, 0.29) is 29.8 Å². The molecule has 1 amide bonds. The first-order valence-corrected chi connectivity index (χ1v) is 7.87. The minimum absolute atomic E-state index is 0.0760. The van der Waals surface area contributed by atoms with Crippen molar-refractivity contribution in [2.24, 2.45) is 5.92 Å². The Labute approximate surface area is 117 Å². The third-order valence-electron chi connectivity index (χ3n) is 3.53. The van der Waals surface area contributed by atoms with Gasteiger partial charge in [-0.25, -0.2) is 12.8 Å². The number of carbonyl (C=O) groups is 1. The molecule has 1 aromatic carbocycles. The standard InChI is InChI=1S/C13H17FN2O3S/c1-15-13(17)10-6-8-16(9-7-10)20(18,19)12-5-3-2-4-11(12)14/h2-5,10H,6-9H2,1H3,(H,15,17). The van der Waals surface area contributed by atoms with Crippen molar-refractivity contribution in [3.8, 4) is 0 Å². The molecule has 0 atom stereocenters. The Morgan fingerprint density at radius 2 is 1.90 bits per heavy atom. The maximum atomic E-state index is 13.6. The summed E-state index contributed by atoms with van der Waals surface area (Å²) in [6, 6.07) is 5.33. The molecule has 110 valence electrons. The molecular weight excluding hydrogens is 283 g/mol. The highest BCUT2D eigenvalue weighted by Crippen LogP contribution is 2.25. The molecule has 7 heteroatoms. The van der Waals surface area contributed by atoms with Crippen molar-refractivity contribution in [2.45, 2.75) is 17.7 Å². The zero-order valence-corrected chi connectivity index (χ0v) is 12.0. The maximum absolute atomic E-state index is 13.6. The van der Waals surface area contributed by atoms with Gasteiger partial charge in [0.2, 0.25) is 15.9 Å². The topological polar surface area (TPSA) is 66.5 Å². The SMILES string of the molecule is CNC(=O)C1CCN(S(=O)(=O)c2ccccc2F)CC1. The molecule has 5 nitrogen and oxygen atoms in total. The van der Waals surface area contributed by atoms with E-state index in [1.165, 1.54) is 22.5 Å². The van der Waals surface area contributed by atoms with Crippen LogP contribution in [0.1, 0.15) is 12.8 Å². The first-order chi connectivity index (χ1) is 9.46. The second-order valence-electron chi connectivity index (χ2n) is 4.72. The highest BCUT2D eigenvalue weighted by Gasteiger charge is 2.32. The first kappa shape index (κ1) is 14.9. The van der Waals surface area contributed by atoms with Crippen LogP contribution in [0.4, 0.5) is 4.39 Å². The van der Waals surface area contributed by atoms with E-state index in [0.717, 1.165) is 6.07 Å². The number of nitrogens with one attached hydrogen (secondary N) is 1. The predicted octanol–water partition coefficient (Wildman–Crippen LogP) is 0.972. The van der Waals surface area contributed by atoms with Crippen LogP contribution in [0, 0.1) is 11.7 Å². The Kier molecular flexibility index (Phi) is 4.39. The summed E-state index contributed by atoms with van der Waals surface area (Å²) in [4.78, 5) is 11.2. The molecule has 0 unspecified atom stereocenters. The molecule has 1 heterocycles. The average molecular weight is 300 g/mol. The molecule has 0 bridgehead atoms. The van der Waals surface area contributed by atoms with Crippen LogP contribution in [0.3, 0.4) is 0 Å². The predicted molar refractivity (Wildman–Crippen MR) is 71.9 cm³/mol. The summed E-state index contributed by atoms with van der Waals surface area (Å²) in [6.07, 6.45) is 0.903. The minimum atomic E-state index is -3.82. The van der Waals surface area contributed by atoms with Crippen LogP contribution in [0.25, 0.3) is 0 Å². The highest BCUT2D eigenvalue weighted by molar-refractivity contribution is 7.89. The maximum Gasteiger partial charge on any atom is 0.245 e. The molecule has 2 rings (SSSR count). The zero-order valence-electron chi connectivity index (χ0n) is 11.2. The number of rotatable bonds is 3. The van der Waals surface area contributed by atoms with Crippen LogP contribution in [0.15, 0.2) is 29.2 Å². The van der Waals surface area contributed by atoms with E-state index < -0.39 is 15.8 Å². The van der Waals surface area contributed by atoms with Crippen molar-refractivity contribution < 1.29 is 17.6 Å². The Morgan fingerprint density at radius 1 is 1.30 bits per heavy atom. The Balaban J connectivity index is 2.14. The van der Waals surface area contributed by atoms with Gasteiger partial charge in [-0.2, -0.15) is 4.31 Å².